The number of amides is 1. The van der Waals surface area contributed by atoms with E-state index >= 15 is 0 Å². The molecule has 1 unspecified atom stereocenters. The molecule has 2 N–H and O–H groups in total. The second-order valence-corrected chi connectivity index (χ2v) is 7.54. The zero-order valence-corrected chi connectivity index (χ0v) is 17.3. The molecule has 4 rings (SSSR count). The number of aromatic nitrogens is 4. The summed E-state index contributed by atoms with van der Waals surface area (Å²) in [5.74, 6) is -2.33. The van der Waals surface area contributed by atoms with Crippen molar-refractivity contribution in [2.45, 2.75) is 38.0 Å². The van der Waals surface area contributed by atoms with Gasteiger partial charge in [0.2, 0.25) is 23.6 Å². The summed E-state index contributed by atoms with van der Waals surface area (Å²) in [6.07, 6.45) is 3.74. The van der Waals surface area contributed by atoms with Gasteiger partial charge in [0.15, 0.2) is 0 Å². The number of nitrogens with one attached hydrogen (secondary N) is 1. The molecule has 33 heavy (non-hydrogen) atoms. The number of allylic oxidation sites excluding steroid dienone is 1. The predicted octanol–water partition coefficient (Wildman–Crippen LogP) is 3.16. The zero-order chi connectivity index (χ0) is 23.4. The van der Waals surface area contributed by atoms with Crippen LogP contribution >= 0.6 is 0 Å². The highest BCUT2D eigenvalue weighted by Crippen LogP contribution is 2.35. The molecule has 1 aliphatic rings. The maximum atomic E-state index is 13.1. The molecule has 0 spiro atoms. The highest BCUT2D eigenvalue weighted by Gasteiger charge is 2.27. The molecule has 0 saturated carbocycles. The summed E-state index contributed by atoms with van der Waals surface area (Å²) in [6, 6.07) is 5.47. The summed E-state index contributed by atoms with van der Waals surface area (Å²) in [7, 11) is 0. The number of rotatable bonds is 7. The van der Waals surface area contributed by atoms with Gasteiger partial charge in [0.25, 0.3) is 0 Å². The average Bonchev–Trinajstić information content (AvgIpc) is 3.28. The molecule has 3 aromatic rings. The number of aryl methyl sites for hydroxylation is 1. The van der Waals surface area contributed by atoms with Crippen LogP contribution in [0.5, 0.6) is 0 Å². The van der Waals surface area contributed by atoms with Crippen LogP contribution < -0.4 is 5.32 Å². The van der Waals surface area contributed by atoms with Gasteiger partial charge in [-0.1, -0.05) is 11.2 Å². The van der Waals surface area contributed by atoms with Crippen LogP contribution in [-0.2, 0) is 16.0 Å². The van der Waals surface area contributed by atoms with Gasteiger partial charge in [0.1, 0.15) is 11.5 Å². The third-order valence-corrected chi connectivity index (χ3v) is 5.32. The van der Waals surface area contributed by atoms with E-state index in [-0.39, 0.29) is 48.4 Å². The second kappa shape index (κ2) is 9.63. The summed E-state index contributed by atoms with van der Waals surface area (Å²) in [4.78, 5) is 35.8. The standard InChI is InChI=1S/C22H19F2N5O4/c23-14-3-5-17(25-11-14)21-28-20(33-29-21)8-7-19(30)27-16-4-1-12(9-15(16)22(31)32)13-2-6-18(24)26-10-13/h2-3,5-6,10-12H,1,4,7-9H2,(H,27,30)(H,31,32). The van der Waals surface area contributed by atoms with Crippen LogP contribution in [0.25, 0.3) is 11.5 Å². The van der Waals surface area contributed by atoms with E-state index in [1.165, 1.54) is 24.4 Å². The number of carboxylic acids is 1. The van der Waals surface area contributed by atoms with Crippen LogP contribution in [0.3, 0.4) is 0 Å². The fourth-order valence-corrected chi connectivity index (χ4v) is 3.63. The summed E-state index contributed by atoms with van der Waals surface area (Å²) < 4.78 is 31.2. The van der Waals surface area contributed by atoms with Crippen molar-refractivity contribution in [1.82, 2.24) is 25.4 Å². The van der Waals surface area contributed by atoms with Crippen LogP contribution in [0.1, 0.15) is 43.1 Å². The fourth-order valence-electron chi connectivity index (χ4n) is 3.63. The van der Waals surface area contributed by atoms with Crippen molar-refractivity contribution in [3.8, 4) is 11.5 Å². The Bertz CT molecular complexity index is 1190. The lowest BCUT2D eigenvalue weighted by atomic mass is 9.82. The van der Waals surface area contributed by atoms with Crippen LogP contribution in [0.2, 0.25) is 0 Å². The quantitative estimate of drug-likeness (QED) is 0.520. The predicted molar refractivity (Wildman–Crippen MR) is 109 cm³/mol. The summed E-state index contributed by atoms with van der Waals surface area (Å²) >= 11 is 0. The average molecular weight is 455 g/mol. The number of halogens is 2. The summed E-state index contributed by atoms with van der Waals surface area (Å²) in [5, 5.41) is 16.1. The fraction of sp³-hybridized carbons (Fsp3) is 0.273. The normalized spacial score (nSPS) is 16.0. The van der Waals surface area contributed by atoms with Crippen LogP contribution in [0, 0.1) is 11.8 Å². The molecule has 0 radical (unpaired) electrons. The van der Waals surface area contributed by atoms with Crippen LogP contribution in [0.4, 0.5) is 8.78 Å². The Morgan fingerprint density at radius 3 is 2.70 bits per heavy atom. The molecular formula is C22H19F2N5O4. The molecule has 1 atom stereocenters. The highest BCUT2D eigenvalue weighted by atomic mass is 19.1. The largest absolute Gasteiger partial charge is 0.478 e. The van der Waals surface area contributed by atoms with Crippen molar-refractivity contribution in [3.63, 3.8) is 0 Å². The van der Waals surface area contributed by atoms with Gasteiger partial charge in [-0.2, -0.15) is 9.37 Å². The third kappa shape index (κ3) is 5.43. The van der Waals surface area contributed by atoms with E-state index in [2.05, 4.69) is 25.4 Å². The van der Waals surface area contributed by atoms with Gasteiger partial charge in [-0.25, -0.2) is 19.2 Å². The maximum absolute atomic E-state index is 13.1. The third-order valence-electron chi connectivity index (χ3n) is 5.32. The molecule has 0 bridgehead atoms. The molecule has 0 saturated heterocycles. The Labute approximate surface area is 186 Å². The Hall–Kier alpha value is -4.02. The molecular weight excluding hydrogens is 436 g/mol. The van der Waals surface area contributed by atoms with Gasteiger partial charge in [0, 0.05) is 24.7 Å². The molecule has 11 heteroatoms. The number of hydrogen-bond acceptors (Lipinski definition) is 7. The van der Waals surface area contributed by atoms with E-state index in [1.54, 1.807) is 6.07 Å². The van der Waals surface area contributed by atoms with Gasteiger partial charge in [-0.3, -0.25) is 4.79 Å². The number of carbonyl (C=O) groups excluding carboxylic acids is 1. The van der Waals surface area contributed by atoms with E-state index in [1.807, 2.05) is 0 Å². The molecule has 3 heterocycles. The first-order valence-corrected chi connectivity index (χ1v) is 10.2. The lowest BCUT2D eigenvalue weighted by molar-refractivity contribution is -0.133. The van der Waals surface area contributed by atoms with Gasteiger partial charge >= 0.3 is 5.97 Å². The summed E-state index contributed by atoms with van der Waals surface area (Å²) in [5.41, 5.74) is 1.57. The molecule has 9 nitrogen and oxygen atoms in total. The first-order valence-electron chi connectivity index (χ1n) is 10.2. The maximum Gasteiger partial charge on any atom is 0.333 e. The van der Waals surface area contributed by atoms with Gasteiger partial charge in [0.05, 0.1) is 11.8 Å². The monoisotopic (exact) mass is 455 g/mol. The Morgan fingerprint density at radius 1 is 1.15 bits per heavy atom. The lowest BCUT2D eigenvalue weighted by Gasteiger charge is -2.26. The molecule has 1 amide bonds. The molecule has 3 aromatic heterocycles. The van der Waals surface area contributed by atoms with E-state index in [0.717, 1.165) is 11.8 Å². The van der Waals surface area contributed by atoms with Crippen molar-refractivity contribution in [1.29, 1.82) is 0 Å². The number of aliphatic carboxylic acids is 1. The highest BCUT2D eigenvalue weighted by molar-refractivity contribution is 5.89. The van der Waals surface area contributed by atoms with Crippen LogP contribution in [-0.4, -0.2) is 37.1 Å². The Kier molecular flexibility index (Phi) is 6.48. The molecule has 0 aromatic carbocycles. The lowest BCUT2D eigenvalue weighted by Crippen LogP contribution is -2.29. The van der Waals surface area contributed by atoms with E-state index < -0.39 is 17.7 Å². The minimum atomic E-state index is -1.11. The second-order valence-electron chi connectivity index (χ2n) is 7.54. The molecule has 170 valence electrons. The van der Waals surface area contributed by atoms with Gasteiger partial charge < -0.3 is 14.9 Å². The number of carboxylic acid groups (broad SMARTS) is 1. The first-order chi connectivity index (χ1) is 15.9. The molecule has 1 aliphatic carbocycles. The SMILES string of the molecule is O=C(CCc1nc(-c2ccc(F)cn2)no1)NC1=C(C(=O)O)CC(c2ccc(F)nc2)CC1. The van der Waals surface area contributed by atoms with Crippen molar-refractivity contribution >= 4 is 11.9 Å². The van der Waals surface area contributed by atoms with Gasteiger partial charge in [-0.05, 0) is 48.9 Å². The van der Waals surface area contributed by atoms with E-state index in [9.17, 15) is 23.5 Å². The smallest absolute Gasteiger partial charge is 0.333 e. The first kappa shape index (κ1) is 22.2. The minimum absolute atomic E-state index is 0.000188. The van der Waals surface area contributed by atoms with Crippen molar-refractivity contribution < 1.29 is 28.0 Å². The van der Waals surface area contributed by atoms with Gasteiger partial charge in [-0.15, -0.1) is 0 Å². The van der Waals surface area contributed by atoms with Crippen molar-refractivity contribution in [3.05, 3.63) is 71.1 Å². The zero-order valence-electron chi connectivity index (χ0n) is 17.3. The van der Waals surface area contributed by atoms with Crippen LogP contribution in [0.15, 0.2) is 52.5 Å². The van der Waals surface area contributed by atoms with Crippen molar-refractivity contribution in [2.24, 2.45) is 0 Å². The topological polar surface area (TPSA) is 131 Å². The number of hydrogen-bond donors (Lipinski definition) is 2. The Balaban J connectivity index is 1.37. The Morgan fingerprint density at radius 2 is 2.00 bits per heavy atom. The number of pyridine rings is 2. The molecule has 0 fully saturated rings. The summed E-state index contributed by atoms with van der Waals surface area (Å²) in [6.45, 7) is 0. The minimum Gasteiger partial charge on any atom is -0.478 e. The number of carbonyl (C=O) groups is 2. The molecule has 0 aliphatic heterocycles. The van der Waals surface area contributed by atoms with Crippen molar-refractivity contribution in [2.75, 3.05) is 0 Å². The van der Waals surface area contributed by atoms with E-state index in [0.29, 0.717) is 24.2 Å². The van der Waals surface area contributed by atoms with E-state index in [4.69, 9.17) is 4.52 Å². The number of nitrogens with zero attached hydrogens (tertiary/aromatic N) is 4.